The minimum Gasteiger partial charge on any atom is -0.323 e. The van der Waals surface area contributed by atoms with Crippen molar-refractivity contribution in [2.24, 2.45) is 0 Å². The second kappa shape index (κ2) is 8.58. The fourth-order valence-electron chi connectivity index (χ4n) is 4.08. The van der Waals surface area contributed by atoms with Gasteiger partial charge in [-0.3, -0.25) is 19.4 Å². The summed E-state index contributed by atoms with van der Waals surface area (Å²) in [5.41, 5.74) is 4.20. The zero-order valence-corrected chi connectivity index (χ0v) is 17.4. The fraction of sp³-hybridized carbons (Fsp3) is 0.261. The van der Waals surface area contributed by atoms with Crippen LogP contribution >= 0.6 is 0 Å². The molecule has 1 aromatic carbocycles. The monoisotopic (exact) mass is 441 g/mol. The van der Waals surface area contributed by atoms with Gasteiger partial charge in [0.15, 0.2) is 0 Å². The first-order chi connectivity index (χ1) is 15.3. The Morgan fingerprint density at radius 1 is 1.28 bits per heavy atom. The zero-order chi connectivity index (χ0) is 22.9. The summed E-state index contributed by atoms with van der Waals surface area (Å²) in [5.74, 6) is -0.388. The van der Waals surface area contributed by atoms with Gasteiger partial charge in [0.25, 0.3) is 0 Å². The van der Waals surface area contributed by atoms with Gasteiger partial charge in [0.05, 0.1) is 18.8 Å². The van der Waals surface area contributed by atoms with Gasteiger partial charge >= 0.3 is 6.18 Å². The smallest absolute Gasteiger partial charge is 0.323 e. The van der Waals surface area contributed by atoms with Gasteiger partial charge in [-0.15, -0.1) is 0 Å². The van der Waals surface area contributed by atoms with Crippen molar-refractivity contribution >= 4 is 11.6 Å². The Hall–Kier alpha value is -3.46. The highest BCUT2D eigenvalue weighted by atomic mass is 19.4. The number of anilines is 1. The summed E-state index contributed by atoms with van der Waals surface area (Å²) in [4.78, 5) is 17.3. The van der Waals surface area contributed by atoms with Gasteiger partial charge in [-0.05, 0) is 47.9 Å². The molecule has 3 heterocycles. The number of nitrogens with zero attached hydrogens (tertiary/aromatic N) is 4. The van der Waals surface area contributed by atoms with E-state index in [1.807, 2.05) is 13.1 Å². The van der Waals surface area contributed by atoms with E-state index in [4.69, 9.17) is 0 Å². The van der Waals surface area contributed by atoms with Crippen LogP contribution in [0.4, 0.5) is 18.9 Å². The Kier molecular flexibility index (Phi) is 5.84. The van der Waals surface area contributed by atoms with E-state index in [1.165, 1.54) is 4.90 Å². The number of carbonyl (C=O) groups is 1. The molecule has 1 aliphatic rings. The third kappa shape index (κ3) is 4.43. The molecule has 1 N–H and O–H groups in total. The first-order valence-corrected chi connectivity index (χ1v) is 10.1. The molecule has 0 fully saturated rings. The van der Waals surface area contributed by atoms with Crippen LogP contribution in [0.5, 0.6) is 0 Å². The normalized spacial score (nSPS) is 16.1. The lowest BCUT2D eigenvalue weighted by Gasteiger charge is -2.27. The van der Waals surface area contributed by atoms with Crippen molar-refractivity contribution in [3.05, 3.63) is 78.4 Å². The number of aromatic nitrogens is 3. The Labute approximate surface area is 183 Å². The number of hydrogen-bond donors (Lipinski definition) is 1. The molecule has 0 saturated carbocycles. The lowest BCUT2D eigenvalue weighted by Crippen LogP contribution is -2.33. The lowest BCUT2D eigenvalue weighted by molar-refractivity contribution is -0.149. The van der Waals surface area contributed by atoms with Crippen molar-refractivity contribution in [1.82, 2.24) is 19.7 Å². The number of aryl methyl sites for hydroxylation is 1. The van der Waals surface area contributed by atoms with Gasteiger partial charge in [-0.1, -0.05) is 12.6 Å². The van der Waals surface area contributed by atoms with E-state index in [9.17, 15) is 18.0 Å². The van der Waals surface area contributed by atoms with E-state index in [1.54, 1.807) is 47.5 Å². The van der Waals surface area contributed by atoms with Crippen LogP contribution in [-0.2, 0) is 17.9 Å². The SMILES string of the molecule is C=CC(=O)Nc1ccc2c(c1)C(c1cnccc1-c1cnn(CC)c1)N(CC(F)(F)F)C2. The number of hydrogen-bond acceptors (Lipinski definition) is 4. The molecular weight excluding hydrogens is 419 g/mol. The summed E-state index contributed by atoms with van der Waals surface area (Å²) >= 11 is 0. The Balaban J connectivity index is 1.83. The number of fused-ring (bicyclic) bond motifs is 1. The molecule has 6 nitrogen and oxygen atoms in total. The Bertz CT molecular complexity index is 1150. The van der Waals surface area contributed by atoms with Crippen LogP contribution in [0, 0.1) is 0 Å². The van der Waals surface area contributed by atoms with Gasteiger partial charge in [-0.2, -0.15) is 18.3 Å². The average Bonchev–Trinajstić information content (AvgIpc) is 3.36. The molecule has 0 radical (unpaired) electrons. The Morgan fingerprint density at radius 2 is 2.09 bits per heavy atom. The number of rotatable bonds is 6. The minimum atomic E-state index is -4.37. The number of pyridine rings is 1. The molecule has 0 saturated heterocycles. The van der Waals surface area contributed by atoms with Crippen LogP contribution in [0.1, 0.15) is 29.7 Å². The van der Waals surface area contributed by atoms with Crippen LogP contribution in [0.25, 0.3) is 11.1 Å². The largest absolute Gasteiger partial charge is 0.401 e. The molecule has 1 unspecified atom stereocenters. The second-order valence-corrected chi connectivity index (χ2v) is 7.58. The highest BCUT2D eigenvalue weighted by Crippen LogP contribution is 2.44. The molecule has 32 heavy (non-hydrogen) atoms. The molecule has 3 aromatic rings. The van der Waals surface area contributed by atoms with Gasteiger partial charge in [0.1, 0.15) is 0 Å². The second-order valence-electron chi connectivity index (χ2n) is 7.58. The number of carbonyl (C=O) groups excluding carboxylic acids is 1. The third-order valence-corrected chi connectivity index (χ3v) is 5.43. The van der Waals surface area contributed by atoms with Crippen molar-refractivity contribution in [1.29, 1.82) is 0 Å². The predicted octanol–water partition coefficient (Wildman–Crippen LogP) is 4.56. The fourth-order valence-corrected chi connectivity index (χ4v) is 4.08. The van der Waals surface area contributed by atoms with E-state index >= 15 is 0 Å². The van der Waals surface area contributed by atoms with Crippen LogP contribution in [0.3, 0.4) is 0 Å². The van der Waals surface area contributed by atoms with Gasteiger partial charge in [0.2, 0.25) is 5.91 Å². The highest BCUT2D eigenvalue weighted by molar-refractivity contribution is 5.99. The van der Waals surface area contributed by atoms with E-state index in [0.717, 1.165) is 22.8 Å². The molecule has 1 amide bonds. The first kappa shape index (κ1) is 21.8. The molecule has 4 rings (SSSR count). The number of benzene rings is 1. The van der Waals surface area contributed by atoms with E-state index in [-0.39, 0.29) is 12.5 Å². The van der Waals surface area contributed by atoms with E-state index < -0.39 is 18.8 Å². The first-order valence-electron chi connectivity index (χ1n) is 10.1. The van der Waals surface area contributed by atoms with Crippen LogP contribution in [0.2, 0.25) is 0 Å². The molecule has 0 aliphatic carbocycles. The molecule has 1 aliphatic heterocycles. The third-order valence-electron chi connectivity index (χ3n) is 5.43. The summed E-state index contributed by atoms with van der Waals surface area (Å²) in [6.07, 6.45) is 3.57. The van der Waals surface area contributed by atoms with Gasteiger partial charge in [0, 0.05) is 48.5 Å². The van der Waals surface area contributed by atoms with Crippen molar-refractivity contribution in [2.45, 2.75) is 32.2 Å². The molecular formula is C23H22F3N5O. The van der Waals surface area contributed by atoms with Gasteiger partial charge in [-0.25, -0.2) is 0 Å². The van der Waals surface area contributed by atoms with Crippen molar-refractivity contribution < 1.29 is 18.0 Å². The summed E-state index contributed by atoms with van der Waals surface area (Å²) in [7, 11) is 0. The van der Waals surface area contributed by atoms with Crippen molar-refractivity contribution in [2.75, 3.05) is 11.9 Å². The van der Waals surface area contributed by atoms with Crippen molar-refractivity contribution in [3.8, 4) is 11.1 Å². The standard InChI is InChI=1S/C23H22F3N5O/c1-3-21(32)29-17-6-5-15-12-30(14-23(24,25)26)22(19(15)9-17)20-11-27-8-7-18(20)16-10-28-31(4-2)13-16/h3,5-11,13,22H,1,4,12,14H2,2H3,(H,29,32). The van der Waals surface area contributed by atoms with Crippen LogP contribution < -0.4 is 5.32 Å². The van der Waals surface area contributed by atoms with Gasteiger partial charge < -0.3 is 5.32 Å². The molecule has 0 bridgehead atoms. The summed E-state index contributed by atoms with van der Waals surface area (Å²) in [5, 5.41) is 6.99. The molecule has 1 atom stereocenters. The maximum absolute atomic E-state index is 13.5. The topological polar surface area (TPSA) is 63.1 Å². The minimum absolute atomic E-state index is 0.137. The molecule has 2 aromatic heterocycles. The van der Waals surface area contributed by atoms with Crippen LogP contribution in [0.15, 0.2) is 61.7 Å². The van der Waals surface area contributed by atoms with E-state index in [2.05, 4.69) is 22.0 Å². The predicted molar refractivity (Wildman–Crippen MR) is 115 cm³/mol. The number of halogens is 3. The van der Waals surface area contributed by atoms with Crippen LogP contribution in [-0.4, -0.2) is 38.3 Å². The summed E-state index contributed by atoms with van der Waals surface area (Å²) < 4.78 is 42.1. The lowest BCUT2D eigenvalue weighted by atomic mass is 9.93. The number of nitrogens with one attached hydrogen (secondary N) is 1. The summed E-state index contributed by atoms with van der Waals surface area (Å²) in [6, 6.07) is 6.27. The zero-order valence-electron chi connectivity index (χ0n) is 17.4. The quantitative estimate of drug-likeness (QED) is 0.570. The average molecular weight is 441 g/mol. The number of amides is 1. The Morgan fingerprint density at radius 3 is 2.78 bits per heavy atom. The highest BCUT2D eigenvalue weighted by Gasteiger charge is 2.40. The molecule has 0 spiro atoms. The van der Waals surface area contributed by atoms with Crippen molar-refractivity contribution in [3.63, 3.8) is 0 Å². The van der Waals surface area contributed by atoms with E-state index in [0.29, 0.717) is 23.4 Å². The molecule has 9 heteroatoms. The molecule has 166 valence electrons. The summed E-state index contributed by atoms with van der Waals surface area (Å²) in [6.45, 7) is 5.15. The maximum Gasteiger partial charge on any atom is 0.401 e. The maximum atomic E-state index is 13.5. The number of alkyl halides is 3.